The molecule has 0 aliphatic carbocycles. The monoisotopic (exact) mass is 668 g/mol. The Balaban J connectivity index is 1.28. The summed E-state index contributed by atoms with van der Waals surface area (Å²) in [6.45, 7) is 1.48. The Hall–Kier alpha value is -4.89. The van der Waals surface area contributed by atoms with Crippen LogP contribution in [0, 0.1) is 0 Å². The third-order valence-electron chi connectivity index (χ3n) is 8.86. The molecule has 0 spiro atoms. The van der Waals surface area contributed by atoms with Crippen molar-refractivity contribution in [2.45, 2.75) is 56.9 Å². The number of fused-ring (bicyclic) bond motifs is 1. The molecule has 0 radical (unpaired) electrons. The van der Waals surface area contributed by atoms with Crippen LogP contribution >= 0.6 is 0 Å². The van der Waals surface area contributed by atoms with Crippen molar-refractivity contribution in [1.29, 1.82) is 0 Å². The lowest BCUT2D eigenvalue weighted by Crippen LogP contribution is -2.58. The van der Waals surface area contributed by atoms with E-state index in [1.807, 2.05) is 146 Å². The lowest BCUT2D eigenvalue weighted by Gasteiger charge is -2.46. The summed E-state index contributed by atoms with van der Waals surface area (Å²) >= 11 is 0. The predicted molar refractivity (Wildman–Crippen MR) is 191 cm³/mol. The van der Waals surface area contributed by atoms with Gasteiger partial charge in [-0.15, -0.1) is 0 Å². The zero-order valence-electron chi connectivity index (χ0n) is 27.7. The molecule has 2 heterocycles. The van der Waals surface area contributed by atoms with Crippen molar-refractivity contribution in [3.05, 3.63) is 190 Å². The highest BCUT2D eigenvalue weighted by Gasteiger charge is 2.50. The molecule has 50 heavy (non-hydrogen) atoms. The molecule has 1 aliphatic heterocycles. The lowest BCUT2D eigenvalue weighted by molar-refractivity contribution is -0.275. The van der Waals surface area contributed by atoms with E-state index in [1.54, 1.807) is 6.07 Å². The van der Waals surface area contributed by atoms with Crippen LogP contribution in [0.4, 0.5) is 0 Å². The van der Waals surface area contributed by atoms with Crippen LogP contribution in [-0.2, 0) is 50.1 Å². The van der Waals surface area contributed by atoms with Gasteiger partial charge < -0.3 is 28.1 Å². The number of rotatable bonds is 14. The molecule has 1 fully saturated rings. The second-order valence-electron chi connectivity index (χ2n) is 12.4. The van der Waals surface area contributed by atoms with Crippen molar-refractivity contribution in [2.24, 2.45) is 0 Å². The van der Waals surface area contributed by atoms with E-state index in [2.05, 4.69) is 0 Å². The van der Waals surface area contributed by atoms with Gasteiger partial charge in [0, 0.05) is 5.39 Å². The van der Waals surface area contributed by atoms with E-state index in [0.717, 1.165) is 27.6 Å². The van der Waals surface area contributed by atoms with Gasteiger partial charge in [-0.1, -0.05) is 140 Å². The normalized spacial score (nSPS) is 20.5. The highest BCUT2D eigenvalue weighted by Crippen LogP contribution is 2.38. The fraction of sp³-hybridized carbons (Fsp3) is 0.233. The Labute approximate surface area is 292 Å². The van der Waals surface area contributed by atoms with Gasteiger partial charge in [0.05, 0.1) is 38.6 Å². The first kappa shape index (κ1) is 33.6. The maximum absolute atomic E-state index is 13.7. The van der Waals surface area contributed by atoms with Crippen molar-refractivity contribution in [3.63, 3.8) is 0 Å². The molecule has 5 atom stereocenters. The molecule has 7 heteroatoms. The minimum atomic E-state index is -0.845. The molecule has 0 saturated carbocycles. The van der Waals surface area contributed by atoms with Crippen LogP contribution in [0.15, 0.2) is 161 Å². The minimum Gasteiger partial charge on any atom is -0.422 e. The second kappa shape index (κ2) is 16.7. The molecule has 5 aromatic carbocycles. The average Bonchev–Trinajstić information content (AvgIpc) is 3.17. The molecule has 0 bridgehead atoms. The first-order chi connectivity index (χ1) is 24.7. The average molecular weight is 669 g/mol. The summed E-state index contributed by atoms with van der Waals surface area (Å²) in [4.78, 5) is 13.7. The SMILES string of the molecule is O=c1oc2ccccc2cc1[C@@H]1O[C@H](COCc2ccccc2)[C@@H](OCc2ccccc2)[C@H](OCc2ccccc2)[C@@H]1OCc1ccccc1. The molecule has 6 aromatic rings. The summed E-state index contributed by atoms with van der Waals surface area (Å²) in [5.41, 5.74) is 4.40. The smallest absolute Gasteiger partial charge is 0.342 e. The summed E-state index contributed by atoms with van der Waals surface area (Å²) in [6, 6.07) is 49.2. The number of para-hydroxylation sites is 1. The van der Waals surface area contributed by atoms with E-state index in [4.69, 9.17) is 28.1 Å². The van der Waals surface area contributed by atoms with Crippen LogP contribution in [0.2, 0.25) is 0 Å². The number of hydrogen-bond acceptors (Lipinski definition) is 7. The van der Waals surface area contributed by atoms with Crippen molar-refractivity contribution in [2.75, 3.05) is 6.61 Å². The Morgan fingerprint density at radius 1 is 0.500 bits per heavy atom. The summed E-state index contributed by atoms with van der Waals surface area (Å²) in [5.74, 6) is 0. The zero-order valence-corrected chi connectivity index (χ0v) is 27.7. The Kier molecular flexibility index (Phi) is 11.2. The van der Waals surface area contributed by atoms with E-state index < -0.39 is 36.1 Å². The fourth-order valence-electron chi connectivity index (χ4n) is 6.32. The third kappa shape index (κ3) is 8.45. The second-order valence-corrected chi connectivity index (χ2v) is 12.4. The van der Waals surface area contributed by atoms with Crippen LogP contribution in [0.1, 0.15) is 33.9 Å². The van der Waals surface area contributed by atoms with E-state index in [0.29, 0.717) is 31.0 Å². The van der Waals surface area contributed by atoms with Gasteiger partial charge in [-0.25, -0.2) is 4.79 Å². The third-order valence-corrected chi connectivity index (χ3v) is 8.86. The maximum atomic E-state index is 13.7. The maximum Gasteiger partial charge on any atom is 0.342 e. The van der Waals surface area contributed by atoms with Crippen LogP contribution in [0.25, 0.3) is 11.0 Å². The van der Waals surface area contributed by atoms with Gasteiger partial charge in [-0.2, -0.15) is 0 Å². The van der Waals surface area contributed by atoms with Crippen LogP contribution in [0.5, 0.6) is 0 Å². The standard InChI is InChI=1S/C43H40O7/c44-43-36(25-35-23-13-14-24-37(35)50-43)39-41(47-28-33-19-9-3-10-20-33)42(48-29-34-21-11-4-12-22-34)40(46-27-32-17-7-2-8-18-32)38(49-39)30-45-26-31-15-5-1-6-16-31/h1-25,38-42H,26-30H2/t38-,39+,40-,41-,42+/m1/s1. The van der Waals surface area contributed by atoms with Crippen molar-refractivity contribution >= 4 is 11.0 Å². The largest absolute Gasteiger partial charge is 0.422 e. The van der Waals surface area contributed by atoms with Crippen molar-refractivity contribution in [1.82, 2.24) is 0 Å². The molecule has 1 aliphatic rings. The summed E-state index contributed by atoms with van der Waals surface area (Å²) in [6.07, 6.45) is -3.47. The molecule has 1 saturated heterocycles. The predicted octanol–water partition coefficient (Wildman–Crippen LogP) is 8.21. The Morgan fingerprint density at radius 2 is 0.960 bits per heavy atom. The first-order valence-electron chi connectivity index (χ1n) is 17.0. The van der Waals surface area contributed by atoms with Gasteiger partial charge in [-0.05, 0) is 34.4 Å². The topological polar surface area (TPSA) is 76.4 Å². The number of ether oxygens (including phenoxy) is 5. The molecule has 0 N–H and O–H groups in total. The van der Waals surface area contributed by atoms with E-state index in [9.17, 15) is 4.79 Å². The lowest BCUT2D eigenvalue weighted by atomic mass is 9.90. The van der Waals surface area contributed by atoms with Crippen molar-refractivity contribution < 1.29 is 28.1 Å². The van der Waals surface area contributed by atoms with Gasteiger partial charge in [0.2, 0.25) is 0 Å². The van der Waals surface area contributed by atoms with Gasteiger partial charge in [0.15, 0.2) is 0 Å². The summed E-state index contributed by atoms with van der Waals surface area (Å²) < 4.78 is 39.4. The summed E-state index contributed by atoms with van der Waals surface area (Å²) in [5, 5.41) is 0.786. The summed E-state index contributed by atoms with van der Waals surface area (Å²) in [7, 11) is 0. The zero-order chi connectivity index (χ0) is 34.0. The van der Waals surface area contributed by atoms with Gasteiger partial charge in [0.25, 0.3) is 0 Å². The molecule has 1 aromatic heterocycles. The molecule has 254 valence electrons. The number of benzene rings is 5. The molecule has 0 unspecified atom stereocenters. The first-order valence-corrected chi connectivity index (χ1v) is 17.0. The van der Waals surface area contributed by atoms with Crippen molar-refractivity contribution in [3.8, 4) is 0 Å². The van der Waals surface area contributed by atoms with Gasteiger partial charge in [-0.3, -0.25) is 0 Å². The van der Waals surface area contributed by atoms with Crippen LogP contribution < -0.4 is 5.63 Å². The van der Waals surface area contributed by atoms with Gasteiger partial charge >= 0.3 is 5.63 Å². The molecule has 7 rings (SSSR count). The Bertz CT molecular complexity index is 1970. The van der Waals surface area contributed by atoms with E-state index >= 15 is 0 Å². The Morgan fingerprint density at radius 3 is 1.52 bits per heavy atom. The highest BCUT2D eigenvalue weighted by molar-refractivity contribution is 5.76. The van der Waals surface area contributed by atoms with E-state index in [1.165, 1.54) is 0 Å². The minimum absolute atomic E-state index is 0.195. The van der Waals surface area contributed by atoms with Crippen LogP contribution in [-0.4, -0.2) is 31.0 Å². The van der Waals surface area contributed by atoms with Gasteiger partial charge in [0.1, 0.15) is 36.1 Å². The van der Waals surface area contributed by atoms with Crippen LogP contribution in [0.3, 0.4) is 0 Å². The molecular weight excluding hydrogens is 628 g/mol. The highest BCUT2D eigenvalue weighted by atomic mass is 16.6. The molecule has 7 nitrogen and oxygen atoms in total. The quantitative estimate of drug-likeness (QED) is 0.108. The van der Waals surface area contributed by atoms with E-state index in [-0.39, 0.29) is 13.2 Å². The molecule has 0 amide bonds. The fourth-order valence-corrected chi connectivity index (χ4v) is 6.32. The number of hydrogen-bond donors (Lipinski definition) is 0. The molecular formula is C43H40O7.